The summed E-state index contributed by atoms with van der Waals surface area (Å²) in [5.74, 6) is -0.0785. The Labute approximate surface area is 137 Å². The van der Waals surface area contributed by atoms with E-state index in [9.17, 15) is 9.18 Å². The second-order valence-corrected chi connectivity index (χ2v) is 6.75. The van der Waals surface area contributed by atoms with Gasteiger partial charge in [-0.05, 0) is 69.6 Å². The van der Waals surface area contributed by atoms with E-state index in [0.717, 1.165) is 50.0 Å². The smallest absolute Gasteiger partial charge is 0.237 e. The Kier molecular flexibility index (Phi) is 4.97. The zero-order valence-corrected chi connectivity index (χ0v) is 14.0. The number of fused-ring (bicyclic) bond motifs is 1. The summed E-state index contributed by atoms with van der Waals surface area (Å²) in [7, 11) is 2.04. The largest absolute Gasteiger partial charge is 0.334 e. The fourth-order valence-electron chi connectivity index (χ4n) is 3.81. The van der Waals surface area contributed by atoms with Gasteiger partial charge < -0.3 is 10.2 Å². The minimum atomic E-state index is -0.225. The SMILES string of the molecule is CC1c2cc(F)ccc2CCN1C(=O)CN(C)C1CCNCC1. The first kappa shape index (κ1) is 16.4. The molecule has 23 heavy (non-hydrogen) atoms. The Hall–Kier alpha value is -1.46. The number of likely N-dealkylation sites (N-methyl/N-ethyl adjacent to an activating group) is 1. The number of hydrogen-bond acceptors (Lipinski definition) is 3. The molecule has 126 valence electrons. The summed E-state index contributed by atoms with van der Waals surface area (Å²) in [6, 6.07) is 5.36. The summed E-state index contributed by atoms with van der Waals surface area (Å²) in [4.78, 5) is 16.8. The number of amides is 1. The van der Waals surface area contributed by atoms with Crippen molar-refractivity contribution in [2.45, 2.75) is 38.3 Å². The Morgan fingerprint density at radius 2 is 2.13 bits per heavy atom. The molecule has 0 radical (unpaired) electrons. The summed E-state index contributed by atoms with van der Waals surface area (Å²) in [5.41, 5.74) is 2.11. The van der Waals surface area contributed by atoms with E-state index in [-0.39, 0.29) is 17.8 Å². The lowest BCUT2D eigenvalue weighted by molar-refractivity contribution is -0.135. The third kappa shape index (κ3) is 3.56. The molecular weight excluding hydrogens is 293 g/mol. The molecular formula is C18H26FN3O. The molecule has 3 rings (SSSR count). The molecule has 0 saturated carbocycles. The normalized spacial score (nSPS) is 22.3. The number of nitrogens with one attached hydrogen (secondary N) is 1. The van der Waals surface area contributed by atoms with Crippen LogP contribution in [0.5, 0.6) is 0 Å². The summed E-state index contributed by atoms with van der Waals surface area (Å²) < 4.78 is 13.5. The van der Waals surface area contributed by atoms with Crippen LogP contribution in [0.25, 0.3) is 0 Å². The third-order valence-electron chi connectivity index (χ3n) is 5.28. The maximum absolute atomic E-state index is 13.5. The van der Waals surface area contributed by atoms with Gasteiger partial charge in [0.15, 0.2) is 0 Å². The van der Waals surface area contributed by atoms with Crippen LogP contribution in [0.1, 0.15) is 36.9 Å². The highest BCUT2D eigenvalue weighted by molar-refractivity contribution is 5.79. The zero-order chi connectivity index (χ0) is 16.4. The molecule has 1 N–H and O–H groups in total. The van der Waals surface area contributed by atoms with Gasteiger partial charge in [0.1, 0.15) is 5.82 Å². The fraction of sp³-hybridized carbons (Fsp3) is 0.611. The average Bonchev–Trinajstić information content (AvgIpc) is 2.56. The zero-order valence-electron chi connectivity index (χ0n) is 14.0. The lowest BCUT2D eigenvalue weighted by Crippen LogP contribution is -2.48. The minimum Gasteiger partial charge on any atom is -0.334 e. The Morgan fingerprint density at radius 1 is 1.39 bits per heavy atom. The van der Waals surface area contributed by atoms with E-state index < -0.39 is 0 Å². The topological polar surface area (TPSA) is 35.6 Å². The molecule has 0 bridgehead atoms. The number of rotatable bonds is 3. The molecule has 1 amide bonds. The van der Waals surface area contributed by atoms with Gasteiger partial charge in [-0.3, -0.25) is 9.69 Å². The number of halogens is 1. The van der Waals surface area contributed by atoms with Crippen LogP contribution in [0, 0.1) is 5.82 Å². The lowest BCUT2D eigenvalue weighted by atomic mass is 9.93. The van der Waals surface area contributed by atoms with Crippen molar-refractivity contribution in [3.8, 4) is 0 Å². The van der Waals surface area contributed by atoms with Crippen molar-refractivity contribution in [3.05, 3.63) is 35.1 Å². The number of piperidine rings is 1. The molecule has 1 fully saturated rings. The fourth-order valence-corrected chi connectivity index (χ4v) is 3.81. The molecule has 2 aliphatic rings. The Bertz CT molecular complexity index is 571. The molecule has 2 heterocycles. The van der Waals surface area contributed by atoms with Gasteiger partial charge in [-0.2, -0.15) is 0 Å². The first-order valence-corrected chi connectivity index (χ1v) is 8.55. The van der Waals surface area contributed by atoms with E-state index in [2.05, 4.69) is 10.2 Å². The van der Waals surface area contributed by atoms with Crippen molar-refractivity contribution in [2.75, 3.05) is 33.2 Å². The van der Waals surface area contributed by atoms with E-state index in [1.807, 2.05) is 24.9 Å². The van der Waals surface area contributed by atoms with Crippen LogP contribution in [-0.4, -0.2) is 55.0 Å². The van der Waals surface area contributed by atoms with Crippen molar-refractivity contribution < 1.29 is 9.18 Å². The standard InChI is InChI=1S/C18H26FN3O/c1-13-17-11-15(19)4-3-14(17)7-10-22(13)18(23)12-21(2)16-5-8-20-9-6-16/h3-4,11,13,16,20H,5-10,12H2,1-2H3. The predicted molar refractivity (Wildman–Crippen MR) is 88.8 cm³/mol. The lowest BCUT2D eigenvalue weighted by Gasteiger charge is -2.38. The first-order chi connectivity index (χ1) is 11.1. The number of carbonyl (C=O) groups excluding carboxylic acids is 1. The van der Waals surface area contributed by atoms with Gasteiger partial charge >= 0.3 is 0 Å². The minimum absolute atomic E-state index is 0.0524. The molecule has 0 aromatic heterocycles. The second kappa shape index (κ2) is 6.97. The number of carbonyl (C=O) groups is 1. The molecule has 1 unspecified atom stereocenters. The molecule has 1 aromatic rings. The van der Waals surface area contributed by atoms with Crippen LogP contribution in [0.2, 0.25) is 0 Å². The van der Waals surface area contributed by atoms with Crippen molar-refractivity contribution in [1.82, 2.24) is 15.1 Å². The molecule has 2 aliphatic heterocycles. The second-order valence-electron chi connectivity index (χ2n) is 6.75. The van der Waals surface area contributed by atoms with Gasteiger partial charge in [-0.15, -0.1) is 0 Å². The van der Waals surface area contributed by atoms with E-state index >= 15 is 0 Å². The molecule has 1 atom stereocenters. The predicted octanol–water partition coefficient (Wildman–Crippen LogP) is 1.96. The maximum atomic E-state index is 13.5. The van der Waals surface area contributed by atoms with Gasteiger partial charge in [0.05, 0.1) is 12.6 Å². The molecule has 1 aromatic carbocycles. The average molecular weight is 319 g/mol. The number of nitrogens with zero attached hydrogens (tertiary/aromatic N) is 2. The summed E-state index contributed by atoms with van der Waals surface area (Å²) in [6.45, 7) is 5.21. The van der Waals surface area contributed by atoms with Gasteiger partial charge in [-0.1, -0.05) is 6.07 Å². The van der Waals surface area contributed by atoms with Crippen molar-refractivity contribution in [3.63, 3.8) is 0 Å². The van der Waals surface area contributed by atoms with Crippen LogP contribution in [0.4, 0.5) is 4.39 Å². The molecule has 0 spiro atoms. The van der Waals surface area contributed by atoms with Crippen molar-refractivity contribution in [1.29, 1.82) is 0 Å². The molecule has 5 heteroatoms. The van der Waals surface area contributed by atoms with Gasteiger partial charge in [0.25, 0.3) is 0 Å². The number of hydrogen-bond donors (Lipinski definition) is 1. The van der Waals surface area contributed by atoms with Crippen LogP contribution >= 0.6 is 0 Å². The van der Waals surface area contributed by atoms with Crippen LogP contribution in [0.15, 0.2) is 18.2 Å². The van der Waals surface area contributed by atoms with Gasteiger partial charge in [0, 0.05) is 12.6 Å². The highest BCUT2D eigenvalue weighted by Gasteiger charge is 2.29. The highest BCUT2D eigenvalue weighted by Crippen LogP contribution is 2.30. The first-order valence-electron chi connectivity index (χ1n) is 8.55. The van der Waals surface area contributed by atoms with Gasteiger partial charge in [-0.25, -0.2) is 4.39 Å². The van der Waals surface area contributed by atoms with E-state index in [0.29, 0.717) is 12.6 Å². The Morgan fingerprint density at radius 3 is 2.87 bits per heavy atom. The van der Waals surface area contributed by atoms with E-state index in [1.54, 1.807) is 6.07 Å². The third-order valence-corrected chi connectivity index (χ3v) is 5.28. The van der Waals surface area contributed by atoms with E-state index in [4.69, 9.17) is 0 Å². The van der Waals surface area contributed by atoms with Crippen LogP contribution < -0.4 is 5.32 Å². The Balaban J connectivity index is 1.66. The van der Waals surface area contributed by atoms with Gasteiger partial charge in [0.2, 0.25) is 5.91 Å². The monoisotopic (exact) mass is 319 g/mol. The molecule has 4 nitrogen and oxygen atoms in total. The summed E-state index contributed by atoms with van der Waals surface area (Å²) in [5, 5.41) is 3.35. The van der Waals surface area contributed by atoms with Crippen molar-refractivity contribution in [2.24, 2.45) is 0 Å². The molecule has 0 aliphatic carbocycles. The van der Waals surface area contributed by atoms with Crippen LogP contribution in [-0.2, 0) is 11.2 Å². The number of benzene rings is 1. The molecule has 1 saturated heterocycles. The van der Waals surface area contributed by atoms with Crippen LogP contribution in [0.3, 0.4) is 0 Å². The summed E-state index contributed by atoms with van der Waals surface area (Å²) >= 11 is 0. The quantitative estimate of drug-likeness (QED) is 0.925. The maximum Gasteiger partial charge on any atom is 0.237 e. The van der Waals surface area contributed by atoms with Crippen molar-refractivity contribution >= 4 is 5.91 Å². The van der Waals surface area contributed by atoms with E-state index in [1.165, 1.54) is 6.07 Å². The summed E-state index contributed by atoms with van der Waals surface area (Å²) in [6.07, 6.45) is 2.99. The highest BCUT2D eigenvalue weighted by atomic mass is 19.1.